The van der Waals surface area contributed by atoms with Gasteiger partial charge < -0.3 is 5.11 Å². The second kappa shape index (κ2) is 4.80. The molecule has 0 unspecified atom stereocenters. The number of aromatic nitrogens is 2. The Bertz CT molecular complexity index is 571. The molecule has 2 aromatic rings. The Morgan fingerprint density at radius 2 is 2.35 bits per heavy atom. The van der Waals surface area contributed by atoms with Gasteiger partial charge in [-0.2, -0.15) is 0 Å². The van der Waals surface area contributed by atoms with Crippen molar-refractivity contribution in [2.75, 3.05) is 0 Å². The van der Waals surface area contributed by atoms with Crippen molar-refractivity contribution in [3.05, 3.63) is 34.7 Å². The fourth-order valence-corrected chi connectivity index (χ4v) is 2.89. The van der Waals surface area contributed by atoms with Gasteiger partial charge in [0.1, 0.15) is 5.03 Å². The molecule has 0 radical (unpaired) electrons. The standard InChI is InChI=1S/C10H7FN2O2S2/c1-5-4-16-10(13-5)17-8-7(11)6(9(14)15)2-3-12-8/h2-4H,1H3,(H,14,15). The average Bonchev–Trinajstić information content (AvgIpc) is 2.67. The first-order chi connectivity index (χ1) is 8.08. The van der Waals surface area contributed by atoms with Crippen LogP contribution in [0.15, 0.2) is 27.0 Å². The third-order valence-corrected chi connectivity index (χ3v) is 3.90. The van der Waals surface area contributed by atoms with Crippen molar-refractivity contribution in [1.29, 1.82) is 0 Å². The monoisotopic (exact) mass is 270 g/mol. The molecule has 7 heteroatoms. The Kier molecular flexibility index (Phi) is 3.39. The molecule has 88 valence electrons. The molecule has 1 N–H and O–H groups in total. The number of halogens is 1. The Morgan fingerprint density at radius 3 is 2.94 bits per heavy atom. The second-order valence-electron chi connectivity index (χ2n) is 3.14. The van der Waals surface area contributed by atoms with Crippen molar-refractivity contribution >= 4 is 29.1 Å². The highest BCUT2D eigenvalue weighted by molar-refractivity contribution is 8.01. The number of hydrogen-bond acceptors (Lipinski definition) is 5. The van der Waals surface area contributed by atoms with E-state index in [4.69, 9.17) is 5.11 Å². The van der Waals surface area contributed by atoms with E-state index >= 15 is 0 Å². The van der Waals surface area contributed by atoms with Gasteiger partial charge in [-0.05, 0) is 24.8 Å². The van der Waals surface area contributed by atoms with Crippen LogP contribution in [0.25, 0.3) is 0 Å². The molecule has 2 rings (SSSR count). The number of thiazole rings is 1. The number of aryl methyl sites for hydroxylation is 1. The zero-order valence-electron chi connectivity index (χ0n) is 8.68. The van der Waals surface area contributed by atoms with Gasteiger partial charge in [0, 0.05) is 17.3 Å². The largest absolute Gasteiger partial charge is 0.478 e. The first-order valence-corrected chi connectivity index (χ1v) is 6.25. The number of rotatable bonds is 3. The zero-order chi connectivity index (χ0) is 12.4. The van der Waals surface area contributed by atoms with Crippen LogP contribution in [0.4, 0.5) is 4.39 Å². The van der Waals surface area contributed by atoms with Gasteiger partial charge in [-0.3, -0.25) is 0 Å². The Hall–Kier alpha value is -1.47. The van der Waals surface area contributed by atoms with Crippen LogP contribution in [0, 0.1) is 12.7 Å². The third-order valence-electron chi connectivity index (χ3n) is 1.87. The summed E-state index contributed by atoms with van der Waals surface area (Å²) < 4.78 is 14.4. The molecule has 0 saturated heterocycles. The Balaban J connectivity index is 2.33. The van der Waals surface area contributed by atoms with Crippen LogP contribution in [0.3, 0.4) is 0 Å². The van der Waals surface area contributed by atoms with Crippen molar-refractivity contribution in [1.82, 2.24) is 9.97 Å². The average molecular weight is 270 g/mol. The summed E-state index contributed by atoms with van der Waals surface area (Å²) in [6.07, 6.45) is 1.27. The topological polar surface area (TPSA) is 63.1 Å². The first kappa shape index (κ1) is 12.0. The number of pyridine rings is 1. The molecule has 0 atom stereocenters. The summed E-state index contributed by atoms with van der Waals surface area (Å²) >= 11 is 2.39. The van der Waals surface area contributed by atoms with Gasteiger partial charge in [0.25, 0.3) is 0 Å². The van der Waals surface area contributed by atoms with Gasteiger partial charge in [0.15, 0.2) is 10.2 Å². The summed E-state index contributed by atoms with van der Waals surface area (Å²) in [7, 11) is 0. The van der Waals surface area contributed by atoms with E-state index in [1.807, 2.05) is 12.3 Å². The molecule has 4 nitrogen and oxygen atoms in total. The van der Waals surface area contributed by atoms with E-state index in [-0.39, 0.29) is 10.6 Å². The van der Waals surface area contributed by atoms with Crippen LogP contribution in [0.2, 0.25) is 0 Å². The third kappa shape index (κ3) is 2.62. The SMILES string of the molecule is Cc1csc(Sc2nccc(C(=O)O)c2F)n1. The van der Waals surface area contributed by atoms with Crippen molar-refractivity contribution in [2.24, 2.45) is 0 Å². The van der Waals surface area contributed by atoms with E-state index in [0.717, 1.165) is 23.5 Å². The van der Waals surface area contributed by atoms with Crippen LogP contribution in [0.5, 0.6) is 0 Å². The minimum absolute atomic E-state index is 0.0271. The van der Waals surface area contributed by atoms with Crippen LogP contribution >= 0.6 is 23.1 Å². The van der Waals surface area contributed by atoms with E-state index < -0.39 is 11.8 Å². The summed E-state index contributed by atoms with van der Waals surface area (Å²) in [6.45, 7) is 1.83. The number of carboxylic acid groups (broad SMARTS) is 1. The molecule has 0 fully saturated rings. The Labute approximate surface area is 105 Å². The molecule has 0 bridgehead atoms. The summed E-state index contributed by atoms with van der Waals surface area (Å²) in [5, 5.41) is 10.6. The Morgan fingerprint density at radius 1 is 1.59 bits per heavy atom. The first-order valence-electron chi connectivity index (χ1n) is 4.55. The molecule has 0 spiro atoms. The van der Waals surface area contributed by atoms with Gasteiger partial charge >= 0.3 is 5.97 Å². The minimum Gasteiger partial charge on any atom is -0.478 e. The lowest BCUT2D eigenvalue weighted by molar-refractivity contribution is 0.0691. The zero-order valence-corrected chi connectivity index (χ0v) is 10.3. The van der Waals surface area contributed by atoms with E-state index in [1.54, 1.807) is 0 Å². The van der Waals surface area contributed by atoms with E-state index in [1.165, 1.54) is 17.5 Å². The molecule has 0 aliphatic heterocycles. The van der Waals surface area contributed by atoms with E-state index in [2.05, 4.69) is 9.97 Å². The second-order valence-corrected chi connectivity index (χ2v) is 5.23. The van der Waals surface area contributed by atoms with Crippen molar-refractivity contribution < 1.29 is 14.3 Å². The quantitative estimate of drug-likeness (QED) is 0.929. The summed E-state index contributed by atoms with van der Waals surface area (Å²) in [5.74, 6) is -2.13. The summed E-state index contributed by atoms with van der Waals surface area (Å²) in [4.78, 5) is 18.7. The molecular formula is C10H7FN2O2S2. The molecule has 0 saturated carbocycles. The highest BCUT2D eigenvalue weighted by Gasteiger charge is 2.16. The number of nitrogens with zero attached hydrogens (tertiary/aromatic N) is 2. The lowest BCUT2D eigenvalue weighted by Gasteiger charge is -2.01. The molecular weight excluding hydrogens is 263 g/mol. The van der Waals surface area contributed by atoms with Crippen LogP contribution in [-0.2, 0) is 0 Å². The molecule has 2 heterocycles. The maximum absolute atomic E-state index is 13.7. The minimum atomic E-state index is -1.30. The molecule has 0 amide bonds. The van der Waals surface area contributed by atoms with E-state index in [0.29, 0.717) is 4.34 Å². The normalized spacial score (nSPS) is 10.5. The molecule has 0 aromatic carbocycles. The van der Waals surface area contributed by atoms with Gasteiger partial charge in [-0.1, -0.05) is 0 Å². The number of aromatic carboxylic acids is 1. The number of hydrogen-bond donors (Lipinski definition) is 1. The van der Waals surface area contributed by atoms with Gasteiger partial charge in [-0.25, -0.2) is 19.2 Å². The number of carboxylic acids is 1. The predicted molar refractivity (Wildman–Crippen MR) is 62.1 cm³/mol. The molecule has 0 aliphatic carbocycles. The fourth-order valence-electron chi connectivity index (χ4n) is 1.12. The van der Waals surface area contributed by atoms with Gasteiger partial charge in [0.2, 0.25) is 0 Å². The van der Waals surface area contributed by atoms with Crippen molar-refractivity contribution in [3.63, 3.8) is 0 Å². The highest BCUT2D eigenvalue weighted by atomic mass is 32.2. The highest BCUT2D eigenvalue weighted by Crippen LogP contribution is 2.31. The maximum Gasteiger partial charge on any atom is 0.338 e. The maximum atomic E-state index is 13.7. The smallest absolute Gasteiger partial charge is 0.338 e. The molecule has 2 aromatic heterocycles. The predicted octanol–water partition coefficient (Wildman–Crippen LogP) is 2.84. The molecule has 17 heavy (non-hydrogen) atoms. The van der Waals surface area contributed by atoms with Crippen molar-refractivity contribution in [3.8, 4) is 0 Å². The molecule has 0 aliphatic rings. The van der Waals surface area contributed by atoms with Crippen LogP contribution < -0.4 is 0 Å². The van der Waals surface area contributed by atoms with Crippen molar-refractivity contribution in [2.45, 2.75) is 16.3 Å². The van der Waals surface area contributed by atoms with Crippen LogP contribution in [0.1, 0.15) is 16.1 Å². The summed E-state index contributed by atoms with van der Waals surface area (Å²) in [6, 6.07) is 1.13. The van der Waals surface area contributed by atoms with Gasteiger partial charge in [-0.15, -0.1) is 11.3 Å². The fraction of sp³-hybridized carbons (Fsp3) is 0.100. The summed E-state index contributed by atoms with van der Waals surface area (Å²) in [5.41, 5.74) is 0.461. The van der Waals surface area contributed by atoms with Gasteiger partial charge in [0.05, 0.1) is 5.56 Å². The van der Waals surface area contributed by atoms with Crippen LogP contribution in [-0.4, -0.2) is 21.0 Å². The number of carbonyl (C=O) groups is 1. The lowest BCUT2D eigenvalue weighted by Crippen LogP contribution is -2.02. The lowest BCUT2D eigenvalue weighted by atomic mass is 10.3. The van der Waals surface area contributed by atoms with E-state index in [9.17, 15) is 9.18 Å².